The number of terminal acetylenes is 1. The summed E-state index contributed by atoms with van der Waals surface area (Å²) < 4.78 is 0. The van der Waals surface area contributed by atoms with E-state index in [4.69, 9.17) is 6.42 Å². The van der Waals surface area contributed by atoms with Crippen LogP contribution in [0.25, 0.3) is 10.9 Å². The van der Waals surface area contributed by atoms with E-state index >= 15 is 0 Å². The average Bonchev–Trinajstić information content (AvgIpc) is 2.66. The van der Waals surface area contributed by atoms with Gasteiger partial charge >= 0.3 is 0 Å². The Labute approximate surface area is 78.8 Å². The third-order valence-corrected chi connectivity index (χ3v) is 1.67. The largest absolute Gasteiger partial charge is 0.361 e. The maximum absolute atomic E-state index is 4.78. The summed E-state index contributed by atoms with van der Waals surface area (Å²) in [4.78, 5) is 3.12. The standard InChI is InChI=1S/C8H7N.C4H6/c1-2-4-8-7(3-1)5-6-9-8;1-3-4-2/h1-6,9H;1H,4H2,2H3. The second-order valence-electron chi connectivity index (χ2n) is 2.62. The van der Waals surface area contributed by atoms with E-state index < -0.39 is 0 Å². The third kappa shape index (κ3) is 2.68. The molecule has 0 aliphatic heterocycles. The first-order chi connectivity index (χ1) is 6.38. The lowest BCUT2D eigenvalue weighted by molar-refractivity contribution is 1.28. The van der Waals surface area contributed by atoms with Gasteiger partial charge in [0.2, 0.25) is 0 Å². The monoisotopic (exact) mass is 171 g/mol. The van der Waals surface area contributed by atoms with Gasteiger partial charge in [-0.15, -0.1) is 12.3 Å². The fraction of sp³-hybridized carbons (Fsp3) is 0.167. The zero-order valence-electron chi connectivity index (χ0n) is 7.75. The predicted molar refractivity (Wildman–Crippen MR) is 57.4 cm³/mol. The molecular formula is C12H13N. The number of benzene rings is 1. The molecule has 13 heavy (non-hydrogen) atoms. The molecule has 0 saturated heterocycles. The van der Waals surface area contributed by atoms with Crippen molar-refractivity contribution < 1.29 is 0 Å². The maximum atomic E-state index is 4.78. The van der Waals surface area contributed by atoms with E-state index in [0.29, 0.717) is 0 Å². The van der Waals surface area contributed by atoms with Crippen LogP contribution in [0, 0.1) is 12.3 Å². The van der Waals surface area contributed by atoms with Gasteiger partial charge in [0.05, 0.1) is 0 Å². The summed E-state index contributed by atoms with van der Waals surface area (Å²) in [5.74, 6) is 2.43. The fourth-order valence-corrected chi connectivity index (χ4v) is 0.995. The van der Waals surface area contributed by atoms with Gasteiger partial charge in [-0.25, -0.2) is 0 Å². The molecule has 1 heterocycles. The lowest BCUT2D eigenvalue weighted by atomic mass is 10.3. The second-order valence-corrected chi connectivity index (χ2v) is 2.62. The SMILES string of the molecule is C#CCC.c1ccc2[nH]ccc2c1. The topological polar surface area (TPSA) is 15.8 Å². The van der Waals surface area contributed by atoms with Gasteiger partial charge in [0.1, 0.15) is 0 Å². The van der Waals surface area contributed by atoms with Crippen molar-refractivity contribution in [2.75, 3.05) is 0 Å². The molecule has 0 amide bonds. The number of nitrogens with one attached hydrogen (secondary N) is 1. The number of fused-ring (bicyclic) bond motifs is 1. The van der Waals surface area contributed by atoms with Gasteiger partial charge in [0, 0.05) is 18.1 Å². The van der Waals surface area contributed by atoms with Crippen LogP contribution < -0.4 is 0 Å². The highest BCUT2D eigenvalue weighted by Crippen LogP contribution is 2.09. The smallest absolute Gasteiger partial charge is 0.0453 e. The number of rotatable bonds is 0. The molecule has 0 bridgehead atoms. The normalized spacial score (nSPS) is 8.62. The van der Waals surface area contributed by atoms with E-state index in [-0.39, 0.29) is 0 Å². The molecule has 0 unspecified atom stereocenters. The Morgan fingerprint density at radius 3 is 2.62 bits per heavy atom. The fourth-order valence-electron chi connectivity index (χ4n) is 0.995. The van der Waals surface area contributed by atoms with Crippen LogP contribution >= 0.6 is 0 Å². The zero-order valence-corrected chi connectivity index (χ0v) is 7.75. The number of aromatic nitrogens is 1. The van der Waals surface area contributed by atoms with E-state index in [9.17, 15) is 0 Å². The first-order valence-corrected chi connectivity index (χ1v) is 4.34. The van der Waals surface area contributed by atoms with Crippen LogP contribution in [0.2, 0.25) is 0 Å². The molecule has 0 aliphatic carbocycles. The molecule has 0 atom stereocenters. The Balaban J connectivity index is 0.000000184. The Kier molecular flexibility index (Phi) is 3.66. The molecular weight excluding hydrogens is 158 g/mol. The molecule has 2 aromatic rings. The van der Waals surface area contributed by atoms with Crippen LogP contribution in [0.3, 0.4) is 0 Å². The van der Waals surface area contributed by atoms with E-state index in [1.54, 1.807) is 0 Å². The molecule has 1 heteroatoms. The van der Waals surface area contributed by atoms with Gasteiger partial charge in [-0.1, -0.05) is 25.1 Å². The van der Waals surface area contributed by atoms with Crippen molar-refractivity contribution in [3.63, 3.8) is 0 Å². The van der Waals surface area contributed by atoms with Crippen molar-refractivity contribution in [2.45, 2.75) is 13.3 Å². The zero-order chi connectivity index (χ0) is 9.52. The molecule has 2 rings (SSSR count). The van der Waals surface area contributed by atoms with Crippen LogP contribution in [0.4, 0.5) is 0 Å². The third-order valence-electron chi connectivity index (χ3n) is 1.67. The van der Waals surface area contributed by atoms with E-state index in [1.807, 2.05) is 25.3 Å². The summed E-state index contributed by atoms with van der Waals surface area (Å²) in [5, 5.41) is 1.28. The van der Waals surface area contributed by atoms with Crippen molar-refractivity contribution in [3.8, 4) is 12.3 Å². The van der Waals surface area contributed by atoms with Crippen LogP contribution in [-0.2, 0) is 0 Å². The van der Waals surface area contributed by atoms with Crippen molar-refractivity contribution >= 4 is 10.9 Å². The minimum atomic E-state index is 0.847. The quantitative estimate of drug-likeness (QED) is 0.586. The lowest BCUT2D eigenvalue weighted by Crippen LogP contribution is -1.61. The van der Waals surface area contributed by atoms with Crippen LogP contribution in [0.1, 0.15) is 13.3 Å². The van der Waals surface area contributed by atoms with Crippen molar-refractivity contribution in [3.05, 3.63) is 36.5 Å². The minimum absolute atomic E-state index is 0.847. The van der Waals surface area contributed by atoms with Crippen molar-refractivity contribution in [1.29, 1.82) is 0 Å². The molecule has 1 N–H and O–H groups in total. The average molecular weight is 171 g/mol. The summed E-state index contributed by atoms with van der Waals surface area (Å²) in [6.45, 7) is 1.94. The minimum Gasteiger partial charge on any atom is -0.361 e. The highest BCUT2D eigenvalue weighted by Gasteiger charge is 1.86. The number of para-hydroxylation sites is 1. The number of hydrogen-bond acceptors (Lipinski definition) is 0. The van der Waals surface area contributed by atoms with Crippen LogP contribution in [0.15, 0.2) is 36.5 Å². The molecule has 66 valence electrons. The molecule has 0 radical (unpaired) electrons. The highest BCUT2D eigenvalue weighted by atomic mass is 14.6. The van der Waals surface area contributed by atoms with Gasteiger partial charge in [-0.2, -0.15) is 0 Å². The van der Waals surface area contributed by atoms with Crippen molar-refractivity contribution in [1.82, 2.24) is 4.98 Å². The first kappa shape index (κ1) is 9.41. The number of hydrogen-bond donors (Lipinski definition) is 1. The summed E-state index contributed by atoms with van der Waals surface area (Å²) >= 11 is 0. The molecule has 0 spiro atoms. The molecule has 0 aliphatic rings. The summed E-state index contributed by atoms with van der Waals surface area (Å²) in [6.07, 6.45) is 7.57. The summed E-state index contributed by atoms with van der Waals surface area (Å²) in [7, 11) is 0. The second kappa shape index (κ2) is 5.05. The molecule has 1 aromatic carbocycles. The van der Waals surface area contributed by atoms with Gasteiger partial charge in [0.25, 0.3) is 0 Å². The summed E-state index contributed by atoms with van der Waals surface area (Å²) in [6, 6.07) is 10.3. The Bertz CT molecular complexity index is 362. The van der Waals surface area contributed by atoms with E-state index in [1.165, 1.54) is 10.9 Å². The Hall–Kier alpha value is -1.68. The van der Waals surface area contributed by atoms with Gasteiger partial charge in [-0.3, -0.25) is 0 Å². The Morgan fingerprint density at radius 1 is 1.31 bits per heavy atom. The van der Waals surface area contributed by atoms with E-state index in [2.05, 4.69) is 29.1 Å². The summed E-state index contributed by atoms with van der Waals surface area (Å²) in [5.41, 5.74) is 1.21. The molecule has 0 fully saturated rings. The molecule has 1 aromatic heterocycles. The number of H-pyrrole nitrogens is 1. The first-order valence-electron chi connectivity index (χ1n) is 4.34. The lowest BCUT2D eigenvalue weighted by Gasteiger charge is -1.83. The highest BCUT2D eigenvalue weighted by molar-refractivity contribution is 5.78. The Morgan fingerprint density at radius 2 is 2.00 bits per heavy atom. The predicted octanol–water partition coefficient (Wildman–Crippen LogP) is 3.20. The van der Waals surface area contributed by atoms with Gasteiger partial charge in [-0.05, 0) is 17.5 Å². The van der Waals surface area contributed by atoms with Gasteiger partial charge in [0.15, 0.2) is 0 Å². The van der Waals surface area contributed by atoms with Crippen LogP contribution in [0.5, 0.6) is 0 Å². The number of aromatic amines is 1. The van der Waals surface area contributed by atoms with Gasteiger partial charge < -0.3 is 4.98 Å². The molecule has 1 nitrogen and oxygen atoms in total. The van der Waals surface area contributed by atoms with Crippen LogP contribution in [-0.4, -0.2) is 4.98 Å². The van der Waals surface area contributed by atoms with E-state index in [0.717, 1.165) is 6.42 Å². The molecule has 0 saturated carbocycles. The van der Waals surface area contributed by atoms with Crippen molar-refractivity contribution in [2.24, 2.45) is 0 Å². The maximum Gasteiger partial charge on any atom is 0.0453 e.